The number of nitrogens with zero attached hydrogens (tertiary/aromatic N) is 1. The number of amides is 1. The van der Waals surface area contributed by atoms with Gasteiger partial charge < -0.3 is 10.0 Å². The summed E-state index contributed by atoms with van der Waals surface area (Å²) in [6.45, 7) is 8.26. The molecular formula is C18H27NO3. The summed E-state index contributed by atoms with van der Waals surface area (Å²) in [7, 11) is 0. The fraction of sp³-hybridized carbons (Fsp3) is 0.556. The van der Waals surface area contributed by atoms with Crippen LogP contribution < -0.4 is 0 Å². The van der Waals surface area contributed by atoms with Crippen molar-refractivity contribution in [2.45, 2.75) is 58.9 Å². The molecule has 0 fully saturated rings. The van der Waals surface area contributed by atoms with E-state index in [1.54, 1.807) is 4.90 Å². The van der Waals surface area contributed by atoms with Crippen LogP contribution in [-0.4, -0.2) is 34.5 Å². The molecule has 1 atom stereocenters. The number of carbonyl (C=O) groups excluding carboxylic acids is 1. The van der Waals surface area contributed by atoms with Gasteiger partial charge in [-0.25, -0.2) is 0 Å². The van der Waals surface area contributed by atoms with Crippen molar-refractivity contribution >= 4 is 11.9 Å². The van der Waals surface area contributed by atoms with Gasteiger partial charge in [-0.2, -0.15) is 0 Å². The lowest BCUT2D eigenvalue weighted by molar-refractivity contribution is -0.139. The van der Waals surface area contributed by atoms with Crippen LogP contribution in [0, 0.1) is 0 Å². The summed E-state index contributed by atoms with van der Waals surface area (Å²) >= 11 is 0. The molecule has 1 N–H and O–H groups in total. The first-order chi connectivity index (χ1) is 10.3. The topological polar surface area (TPSA) is 57.6 Å². The predicted octanol–water partition coefficient (Wildman–Crippen LogP) is 3.45. The molecule has 0 heterocycles. The predicted molar refractivity (Wildman–Crippen MR) is 88.0 cm³/mol. The summed E-state index contributed by atoms with van der Waals surface area (Å²) in [5.41, 5.74) is 2.43. The summed E-state index contributed by atoms with van der Waals surface area (Å²) in [6.07, 6.45) is 1.40. The van der Waals surface area contributed by atoms with E-state index < -0.39 is 5.97 Å². The highest BCUT2D eigenvalue weighted by molar-refractivity contribution is 5.78. The SMILES string of the molecule is CCc1ccc(C(C)CC(=O)N(CCC(=O)O)C(C)C)cc1. The van der Waals surface area contributed by atoms with E-state index in [0.717, 1.165) is 12.0 Å². The maximum Gasteiger partial charge on any atom is 0.305 e. The van der Waals surface area contributed by atoms with Crippen LogP contribution in [0.4, 0.5) is 0 Å². The largest absolute Gasteiger partial charge is 0.481 e. The second-order valence-electron chi connectivity index (χ2n) is 6.02. The van der Waals surface area contributed by atoms with E-state index in [4.69, 9.17) is 5.11 Å². The summed E-state index contributed by atoms with van der Waals surface area (Å²) in [5.74, 6) is -0.727. The third-order valence-electron chi connectivity index (χ3n) is 3.95. The Morgan fingerprint density at radius 2 is 1.73 bits per heavy atom. The Morgan fingerprint density at radius 3 is 2.18 bits per heavy atom. The van der Waals surface area contributed by atoms with Gasteiger partial charge in [-0.3, -0.25) is 9.59 Å². The molecule has 1 amide bonds. The minimum absolute atomic E-state index is 0.0104. The number of carboxylic acids is 1. The zero-order valence-corrected chi connectivity index (χ0v) is 14.0. The number of rotatable bonds is 8. The molecule has 0 bridgehead atoms. The Hall–Kier alpha value is -1.84. The molecule has 0 aromatic heterocycles. The van der Waals surface area contributed by atoms with Gasteiger partial charge in [-0.1, -0.05) is 38.1 Å². The quantitative estimate of drug-likeness (QED) is 0.800. The molecule has 0 aliphatic heterocycles. The Morgan fingerprint density at radius 1 is 1.14 bits per heavy atom. The molecule has 0 saturated carbocycles. The molecule has 4 heteroatoms. The molecule has 0 saturated heterocycles. The molecule has 1 rings (SSSR count). The van der Waals surface area contributed by atoms with Crippen molar-refractivity contribution in [3.8, 4) is 0 Å². The third-order valence-corrected chi connectivity index (χ3v) is 3.95. The summed E-state index contributed by atoms with van der Waals surface area (Å²) < 4.78 is 0. The van der Waals surface area contributed by atoms with Crippen LogP contribution in [0.2, 0.25) is 0 Å². The van der Waals surface area contributed by atoms with Gasteiger partial charge in [0, 0.05) is 19.0 Å². The van der Waals surface area contributed by atoms with Gasteiger partial charge >= 0.3 is 5.97 Å². The zero-order valence-electron chi connectivity index (χ0n) is 14.0. The highest BCUT2D eigenvalue weighted by atomic mass is 16.4. The molecule has 0 radical (unpaired) electrons. The normalized spacial score (nSPS) is 12.2. The number of hydrogen-bond acceptors (Lipinski definition) is 2. The summed E-state index contributed by atoms with van der Waals surface area (Å²) in [6, 6.07) is 8.37. The van der Waals surface area contributed by atoms with Crippen LogP contribution in [0.25, 0.3) is 0 Å². The first-order valence-corrected chi connectivity index (χ1v) is 7.95. The fourth-order valence-corrected chi connectivity index (χ4v) is 2.47. The van der Waals surface area contributed by atoms with E-state index in [1.165, 1.54) is 5.56 Å². The average Bonchev–Trinajstić information content (AvgIpc) is 2.46. The Balaban J connectivity index is 2.68. The zero-order chi connectivity index (χ0) is 16.7. The first-order valence-electron chi connectivity index (χ1n) is 7.95. The molecule has 22 heavy (non-hydrogen) atoms. The van der Waals surface area contributed by atoms with Crippen molar-refractivity contribution < 1.29 is 14.7 Å². The monoisotopic (exact) mass is 305 g/mol. The molecule has 0 aliphatic carbocycles. The van der Waals surface area contributed by atoms with Gasteiger partial charge in [0.1, 0.15) is 0 Å². The molecular weight excluding hydrogens is 278 g/mol. The van der Waals surface area contributed by atoms with Gasteiger partial charge in [0.2, 0.25) is 5.91 Å². The van der Waals surface area contributed by atoms with Crippen molar-refractivity contribution in [2.24, 2.45) is 0 Å². The average molecular weight is 305 g/mol. The van der Waals surface area contributed by atoms with E-state index in [9.17, 15) is 9.59 Å². The fourth-order valence-electron chi connectivity index (χ4n) is 2.47. The van der Waals surface area contributed by atoms with Gasteiger partial charge in [-0.05, 0) is 37.3 Å². The minimum Gasteiger partial charge on any atom is -0.481 e. The molecule has 1 aromatic carbocycles. The Kier molecular flexibility index (Phi) is 7.09. The second-order valence-corrected chi connectivity index (χ2v) is 6.02. The number of hydrogen-bond donors (Lipinski definition) is 1. The van der Waals surface area contributed by atoms with Crippen LogP contribution in [-0.2, 0) is 16.0 Å². The van der Waals surface area contributed by atoms with E-state index in [-0.39, 0.29) is 30.8 Å². The van der Waals surface area contributed by atoms with Crippen molar-refractivity contribution in [2.75, 3.05) is 6.54 Å². The van der Waals surface area contributed by atoms with Gasteiger partial charge in [0.25, 0.3) is 0 Å². The number of benzene rings is 1. The smallest absolute Gasteiger partial charge is 0.305 e. The van der Waals surface area contributed by atoms with E-state index in [1.807, 2.05) is 20.8 Å². The standard InChI is InChI=1S/C18H27NO3/c1-5-15-6-8-16(9-7-15)14(4)12-17(20)19(13(2)3)11-10-18(21)22/h6-9,13-14H,5,10-12H2,1-4H3,(H,21,22). The summed E-state index contributed by atoms with van der Waals surface area (Å²) in [5, 5.41) is 8.80. The van der Waals surface area contributed by atoms with Crippen LogP contribution in [0.3, 0.4) is 0 Å². The second kappa shape index (κ2) is 8.57. The minimum atomic E-state index is -0.873. The number of carboxylic acid groups (broad SMARTS) is 1. The maximum atomic E-state index is 12.4. The van der Waals surface area contributed by atoms with Gasteiger partial charge in [-0.15, -0.1) is 0 Å². The van der Waals surface area contributed by atoms with E-state index >= 15 is 0 Å². The van der Waals surface area contributed by atoms with Crippen molar-refractivity contribution in [1.29, 1.82) is 0 Å². The highest BCUT2D eigenvalue weighted by Crippen LogP contribution is 2.21. The highest BCUT2D eigenvalue weighted by Gasteiger charge is 2.20. The number of aryl methyl sites for hydroxylation is 1. The molecule has 122 valence electrons. The van der Waals surface area contributed by atoms with Crippen LogP contribution in [0.15, 0.2) is 24.3 Å². The molecule has 0 aliphatic rings. The van der Waals surface area contributed by atoms with E-state index in [0.29, 0.717) is 6.42 Å². The first kappa shape index (κ1) is 18.2. The van der Waals surface area contributed by atoms with Crippen LogP contribution in [0.1, 0.15) is 57.6 Å². The van der Waals surface area contributed by atoms with Crippen molar-refractivity contribution in [1.82, 2.24) is 4.90 Å². The lowest BCUT2D eigenvalue weighted by Crippen LogP contribution is -2.39. The lowest BCUT2D eigenvalue weighted by atomic mass is 9.95. The maximum absolute atomic E-state index is 12.4. The molecule has 0 spiro atoms. The van der Waals surface area contributed by atoms with E-state index in [2.05, 4.69) is 31.2 Å². The number of carbonyl (C=O) groups is 2. The molecule has 1 unspecified atom stereocenters. The van der Waals surface area contributed by atoms with Gasteiger partial charge in [0.15, 0.2) is 0 Å². The molecule has 1 aromatic rings. The Labute approximate surface area is 133 Å². The number of aliphatic carboxylic acids is 1. The van der Waals surface area contributed by atoms with Crippen molar-refractivity contribution in [3.63, 3.8) is 0 Å². The van der Waals surface area contributed by atoms with Crippen LogP contribution in [0.5, 0.6) is 0 Å². The molecule has 4 nitrogen and oxygen atoms in total. The Bertz CT molecular complexity index is 494. The lowest BCUT2D eigenvalue weighted by Gasteiger charge is -2.27. The van der Waals surface area contributed by atoms with Crippen molar-refractivity contribution in [3.05, 3.63) is 35.4 Å². The third kappa shape index (κ3) is 5.51. The van der Waals surface area contributed by atoms with Crippen LogP contribution >= 0.6 is 0 Å². The summed E-state index contributed by atoms with van der Waals surface area (Å²) in [4.78, 5) is 24.8. The van der Waals surface area contributed by atoms with Gasteiger partial charge in [0.05, 0.1) is 6.42 Å².